The monoisotopic (exact) mass is 947 g/mol. The van der Waals surface area contributed by atoms with Gasteiger partial charge in [0.1, 0.15) is 0 Å². The molecule has 0 bridgehead atoms. The summed E-state index contributed by atoms with van der Waals surface area (Å²) in [6.07, 6.45) is 92.0. The Labute approximate surface area is 423 Å². The van der Waals surface area contributed by atoms with Crippen molar-refractivity contribution in [1.29, 1.82) is 0 Å². The van der Waals surface area contributed by atoms with E-state index in [9.17, 15) is 0 Å². The van der Waals surface area contributed by atoms with Crippen LogP contribution in [0.25, 0.3) is 0 Å². The van der Waals surface area contributed by atoms with Gasteiger partial charge in [-0.25, -0.2) is 0 Å². The molecule has 0 aliphatic heterocycles. The van der Waals surface area contributed by atoms with Crippen LogP contribution in [0.5, 0.6) is 0 Å². The first-order valence-electron chi connectivity index (χ1n) is 32.7. The molecule has 0 N–H and O–H groups in total. The van der Waals surface area contributed by atoms with Gasteiger partial charge in [-0.1, -0.05) is 136 Å². The zero-order valence-corrected chi connectivity index (χ0v) is 48.6. The summed E-state index contributed by atoms with van der Waals surface area (Å²) in [5, 5.41) is 0. The zero-order valence-electron chi connectivity index (χ0n) is 47.6. The molecule has 0 spiro atoms. The molecule has 0 aliphatic rings. The molecular formula is C65H135P. The fourth-order valence-corrected chi connectivity index (χ4v) is 17.2. The molecule has 0 saturated carbocycles. The van der Waals surface area contributed by atoms with Crippen LogP contribution in [-0.4, -0.2) is 24.6 Å². The Morgan fingerprint density at radius 2 is 0.212 bits per heavy atom. The van der Waals surface area contributed by atoms with Crippen molar-refractivity contribution in [3.05, 3.63) is 0 Å². The number of unbranched alkanes of at least 4 members (excludes halogenated alkanes) is 53. The van der Waals surface area contributed by atoms with Crippen LogP contribution < -0.4 is 0 Å². The number of hydrogen-bond acceptors (Lipinski definition) is 0. The molecule has 0 rings (SSSR count). The summed E-state index contributed by atoms with van der Waals surface area (Å²) < 4.78 is 0. The predicted molar refractivity (Wildman–Crippen MR) is 314 cm³/mol. The predicted octanol–water partition coefficient (Wildman–Crippen LogP) is 25.1. The van der Waals surface area contributed by atoms with Gasteiger partial charge >= 0.3 is 289 Å². The van der Waals surface area contributed by atoms with Crippen molar-refractivity contribution < 1.29 is 0 Å². The molecule has 0 amide bonds. The normalized spacial score (nSPS) is 12.2. The fourth-order valence-electron chi connectivity index (χ4n) is 11.7. The van der Waals surface area contributed by atoms with E-state index in [2.05, 4.69) is 27.7 Å². The summed E-state index contributed by atoms with van der Waals surface area (Å²) in [4.78, 5) is 0. The molecule has 400 valence electrons. The number of rotatable bonds is 61. The second-order valence-corrected chi connectivity index (χ2v) is 28.2. The molecule has 0 saturated heterocycles. The van der Waals surface area contributed by atoms with Crippen molar-refractivity contribution in [3.63, 3.8) is 0 Å². The molecule has 0 aliphatic carbocycles. The van der Waals surface area contributed by atoms with Crippen LogP contribution in [0.4, 0.5) is 0 Å². The molecule has 0 aromatic carbocycles. The van der Waals surface area contributed by atoms with Crippen molar-refractivity contribution in [2.45, 2.75) is 394 Å². The third kappa shape index (κ3) is 53.8. The Morgan fingerprint density at radius 3 is 0.318 bits per heavy atom. The summed E-state index contributed by atoms with van der Waals surface area (Å²) in [6, 6.07) is 0. The van der Waals surface area contributed by atoms with Gasteiger partial charge in [0.25, 0.3) is 0 Å². The van der Waals surface area contributed by atoms with E-state index < -0.39 is 7.26 Å². The first kappa shape index (κ1) is 66.4. The van der Waals surface area contributed by atoms with Gasteiger partial charge in [0, 0.05) is 0 Å². The van der Waals surface area contributed by atoms with Crippen LogP contribution in [0.15, 0.2) is 0 Å². The van der Waals surface area contributed by atoms with Crippen molar-refractivity contribution >= 4 is 7.26 Å². The van der Waals surface area contributed by atoms with Crippen LogP contribution in [0.3, 0.4) is 0 Å². The van der Waals surface area contributed by atoms with Gasteiger partial charge in [0.2, 0.25) is 0 Å². The van der Waals surface area contributed by atoms with E-state index in [0.29, 0.717) is 0 Å². The minimum atomic E-state index is -1.19. The Kier molecular flexibility index (Phi) is 60.1. The third-order valence-corrected chi connectivity index (χ3v) is 22.1. The van der Waals surface area contributed by atoms with E-state index in [4.69, 9.17) is 0 Å². The Balaban J connectivity index is 4.68. The Hall–Kier alpha value is 0.430. The van der Waals surface area contributed by atoms with Crippen LogP contribution in [0, 0.1) is 0 Å². The maximum absolute atomic E-state index is 2.38. The summed E-state index contributed by atoms with van der Waals surface area (Å²) in [7, 11) is -1.19. The molecule has 66 heavy (non-hydrogen) atoms. The van der Waals surface area contributed by atoms with E-state index in [-0.39, 0.29) is 0 Å². The van der Waals surface area contributed by atoms with Crippen LogP contribution in [-0.2, 0) is 0 Å². The van der Waals surface area contributed by atoms with Gasteiger partial charge in [0.05, 0.1) is 0 Å². The number of hydrogen-bond donors (Lipinski definition) is 0. The van der Waals surface area contributed by atoms with E-state index in [1.165, 1.54) is 321 Å². The van der Waals surface area contributed by atoms with E-state index in [0.717, 1.165) is 0 Å². The summed E-state index contributed by atoms with van der Waals surface area (Å²) in [5.74, 6) is 0. The molecular weight excluding hydrogens is 812 g/mol. The molecule has 0 radical (unpaired) electrons. The van der Waals surface area contributed by atoms with Crippen LogP contribution in [0.2, 0.25) is 0 Å². The standard InChI is InChI=1S/C65H135P/c1-5-9-13-17-21-24-27-30-33-36-39-42-45-48-51-55-59-63-66(62-58-54-20-16-12-8-4,64-60-56-52-49-46-43-40-37-34-31-28-25-22-18-14-10-6-2)65-61-57-53-50-47-44-41-38-35-32-29-26-23-19-15-11-7-3/h66H,5-65H2,1-4H3. The first-order chi connectivity index (χ1) is 32.7. The second kappa shape index (κ2) is 59.7. The van der Waals surface area contributed by atoms with Crippen LogP contribution >= 0.6 is 7.26 Å². The van der Waals surface area contributed by atoms with Gasteiger partial charge in [0.15, 0.2) is 0 Å². The molecule has 0 aromatic rings. The third-order valence-electron chi connectivity index (χ3n) is 16.5. The Morgan fingerprint density at radius 1 is 0.121 bits per heavy atom. The summed E-state index contributed by atoms with van der Waals surface area (Å²) >= 11 is 0. The molecule has 0 atom stereocenters. The molecule has 0 heterocycles. The quantitative estimate of drug-likeness (QED) is 0.0421. The van der Waals surface area contributed by atoms with E-state index in [1.807, 2.05) is 0 Å². The minimum absolute atomic E-state index is 1.19. The molecule has 0 aromatic heterocycles. The molecule has 0 fully saturated rings. The molecule has 0 nitrogen and oxygen atoms in total. The van der Waals surface area contributed by atoms with E-state index >= 15 is 0 Å². The second-order valence-electron chi connectivity index (χ2n) is 23.2. The average molecular weight is 948 g/mol. The summed E-state index contributed by atoms with van der Waals surface area (Å²) in [5.41, 5.74) is 0. The van der Waals surface area contributed by atoms with Crippen LogP contribution in [0.1, 0.15) is 394 Å². The van der Waals surface area contributed by atoms with Gasteiger partial charge in [-0.05, 0) is 0 Å². The topological polar surface area (TPSA) is 0 Å². The zero-order chi connectivity index (χ0) is 47.6. The average Bonchev–Trinajstić information content (AvgIpc) is 3.33. The van der Waals surface area contributed by atoms with Crippen molar-refractivity contribution in [3.8, 4) is 0 Å². The maximum atomic E-state index is 2.38. The molecule has 1 heteroatoms. The Bertz CT molecular complexity index is 725. The summed E-state index contributed by atoms with van der Waals surface area (Å²) in [6.45, 7) is 9.37. The SMILES string of the molecule is CCCCCCCCCCCCCCCCCCC[PH](CCCCCCCC)(CCCCCCCCCCCCCCCCCCC)CCCCCCCCCCCCCCCCCCC. The van der Waals surface area contributed by atoms with E-state index in [1.54, 1.807) is 69.6 Å². The molecule has 0 unspecified atom stereocenters. The van der Waals surface area contributed by atoms with Gasteiger partial charge in [-0.3, -0.25) is 0 Å². The van der Waals surface area contributed by atoms with Crippen molar-refractivity contribution in [2.75, 3.05) is 24.6 Å². The smallest absolute Gasteiger partial charge is 0.0654 e. The fraction of sp³-hybridized carbons (Fsp3) is 1.00. The minimum Gasteiger partial charge on any atom is -0.0654 e. The van der Waals surface area contributed by atoms with Gasteiger partial charge in [-0.2, -0.15) is 0 Å². The van der Waals surface area contributed by atoms with Gasteiger partial charge < -0.3 is 0 Å². The van der Waals surface area contributed by atoms with Crippen molar-refractivity contribution in [2.24, 2.45) is 0 Å². The van der Waals surface area contributed by atoms with Gasteiger partial charge in [-0.15, -0.1) is 0 Å². The first-order valence-corrected chi connectivity index (χ1v) is 35.6. The van der Waals surface area contributed by atoms with Crippen molar-refractivity contribution in [1.82, 2.24) is 0 Å².